The largest absolute Gasteiger partial charge is 0.342 e. The van der Waals surface area contributed by atoms with Crippen LogP contribution >= 0.6 is 11.8 Å². The van der Waals surface area contributed by atoms with E-state index in [9.17, 15) is 9.59 Å². The van der Waals surface area contributed by atoms with Crippen LogP contribution in [0, 0.1) is 17.2 Å². The lowest BCUT2D eigenvalue weighted by Crippen LogP contribution is -2.28. The van der Waals surface area contributed by atoms with Crippen LogP contribution in [0.5, 0.6) is 0 Å². The van der Waals surface area contributed by atoms with Gasteiger partial charge in [-0.05, 0) is 19.1 Å². The molecule has 0 aliphatic carbocycles. The molecule has 6 heteroatoms. The van der Waals surface area contributed by atoms with Gasteiger partial charge in [-0.3, -0.25) is 9.59 Å². The van der Waals surface area contributed by atoms with E-state index in [4.69, 9.17) is 5.26 Å². The predicted molar refractivity (Wildman–Crippen MR) is 86.4 cm³/mol. The number of carbonyl (C=O) groups excluding carboxylic acids is 2. The number of hydrogen-bond donors (Lipinski definition) is 1. The summed E-state index contributed by atoms with van der Waals surface area (Å²) in [5, 5.41) is 11.5. The van der Waals surface area contributed by atoms with Crippen molar-refractivity contribution in [2.75, 3.05) is 24.2 Å². The fourth-order valence-electron chi connectivity index (χ4n) is 2.39. The van der Waals surface area contributed by atoms with Gasteiger partial charge < -0.3 is 10.2 Å². The third-order valence-corrected chi connectivity index (χ3v) is 4.66. The molecule has 0 bridgehead atoms. The second-order valence-corrected chi connectivity index (χ2v) is 6.21. The Bertz CT molecular complexity index is 597. The van der Waals surface area contributed by atoms with Gasteiger partial charge in [0.25, 0.3) is 0 Å². The Morgan fingerprint density at radius 1 is 1.50 bits per heavy atom. The van der Waals surface area contributed by atoms with Crippen molar-refractivity contribution < 1.29 is 9.59 Å². The van der Waals surface area contributed by atoms with Gasteiger partial charge in [0.2, 0.25) is 11.8 Å². The number of hydrogen-bond acceptors (Lipinski definition) is 4. The minimum Gasteiger partial charge on any atom is -0.342 e. The van der Waals surface area contributed by atoms with Crippen LogP contribution in [0.25, 0.3) is 0 Å². The fraction of sp³-hybridized carbons (Fsp3) is 0.438. The molecular formula is C16H19N3O2S. The van der Waals surface area contributed by atoms with E-state index >= 15 is 0 Å². The first-order chi connectivity index (χ1) is 10.7. The Kier molecular flexibility index (Phi) is 5.84. The molecule has 116 valence electrons. The highest BCUT2D eigenvalue weighted by Gasteiger charge is 2.33. The third kappa shape index (κ3) is 4.01. The summed E-state index contributed by atoms with van der Waals surface area (Å²) >= 11 is 1.55. The zero-order valence-corrected chi connectivity index (χ0v) is 13.4. The van der Waals surface area contributed by atoms with E-state index in [2.05, 4.69) is 11.4 Å². The molecule has 0 spiro atoms. The van der Waals surface area contributed by atoms with Gasteiger partial charge in [0.05, 0.1) is 17.7 Å². The Morgan fingerprint density at radius 2 is 2.27 bits per heavy atom. The van der Waals surface area contributed by atoms with Gasteiger partial charge in [-0.2, -0.15) is 5.26 Å². The summed E-state index contributed by atoms with van der Waals surface area (Å²) in [5.41, 5.74) is 0.748. The highest BCUT2D eigenvalue weighted by molar-refractivity contribution is 7.99. The van der Waals surface area contributed by atoms with Crippen molar-refractivity contribution in [1.29, 1.82) is 5.26 Å². The van der Waals surface area contributed by atoms with Crippen molar-refractivity contribution in [1.82, 2.24) is 4.90 Å². The Labute approximate surface area is 134 Å². The monoisotopic (exact) mass is 317 g/mol. The number of anilines is 1. The molecule has 1 heterocycles. The van der Waals surface area contributed by atoms with E-state index < -0.39 is 0 Å². The molecule has 1 fully saturated rings. The van der Waals surface area contributed by atoms with Gasteiger partial charge in [0, 0.05) is 36.6 Å². The zero-order chi connectivity index (χ0) is 15.9. The highest BCUT2D eigenvalue weighted by Crippen LogP contribution is 2.28. The lowest BCUT2D eigenvalue weighted by Gasteiger charge is -2.15. The van der Waals surface area contributed by atoms with Crippen LogP contribution in [-0.2, 0) is 9.59 Å². The minimum atomic E-state index is -0.287. The lowest BCUT2D eigenvalue weighted by molar-refractivity contribution is -0.128. The van der Waals surface area contributed by atoms with Gasteiger partial charge >= 0.3 is 0 Å². The van der Waals surface area contributed by atoms with Gasteiger partial charge in [-0.25, -0.2) is 0 Å². The SMILES string of the molecule is CCN1CC(C(=O)Nc2ccccc2SCCC#N)CC1=O. The van der Waals surface area contributed by atoms with Crippen molar-refractivity contribution in [2.45, 2.75) is 24.7 Å². The van der Waals surface area contributed by atoms with Gasteiger partial charge in [-0.1, -0.05) is 12.1 Å². The van der Waals surface area contributed by atoms with Gasteiger partial charge in [0.15, 0.2) is 0 Å². The number of nitriles is 1. The van der Waals surface area contributed by atoms with Crippen LogP contribution < -0.4 is 5.32 Å². The molecule has 1 N–H and O–H groups in total. The molecular weight excluding hydrogens is 298 g/mol. The molecule has 22 heavy (non-hydrogen) atoms. The van der Waals surface area contributed by atoms with Crippen molar-refractivity contribution in [3.8, 4) is 6.07 Å². The van der Waals surface area contributed by atoms with E-state index in [1.807, 2.05) is 31.2 Å². The van der Waals surface area contributed by atoms with Crippen LogP contribution in [0.4, 0.5) is 5.69 Å². The van der Waals surface area contributed by atoms with Crippen LogP contribution in [0.1, 0.15) is 19.8 Å². The van der Waals surface area contributed by atoms with E-state index in [-0.39, 0.29) is 24.2 Å². The summed E-state index contributed by atoms with van der Waals surface area (Å²) in [6, 6.07) is 9.65. The maximum absolute atomic E-state index is 12.4. The molecule has 2 amide bonds. The Morgan fingerprint density at radius 3 is 2.95 bits per heavy atom. The molecule has 5 nitrogen and oxygen atoms in total. The van der Waals surface area contributed by atoms with Crippen molar-refractivity contribution in [2.24, 2.45) is 5.92 Å². The third-order valence-electron chi connectivity index (χ3n) is 3.58. The number of para-hydroxylation sites is 1. The molecule has 1 unspecified atom stereocenters. The smallest absolute Gasteiger partial charge is 0.229 e. The number of carbonyl (C=O) groups is 2. The zero-order valence-electron chi connectivity index (χ0n) is 12.5. The number of nitrogens with zero attached hydrogens (tertiary/aromatic N) is 2. The summed E-state index contributed by atoms with van der Waals surface area (Å²) in [7, 11) is 0. The highest BCUT2D eigenvalue weighted by atomic mass is 32.2. The van der Waals surface area contributed by atoms with Crippen molar-refractivity contribution >= 4 is 29.3 Å². The number of amides is 2. The van der Waals surface area contributed by atoms with E-state index in [1.165, 1.54) is 0 Å². The van der Waals surface area contributed by atoms with Crippen LogP contribution in [-0.4, -0.2) is 35.6 Å². The van der Waals surface area contributed by atoms with E-state index in [1.54, 1.807) is 16.7 Å². The number of nitrogens with one attached hydrogen (secondary N) is 1. The first kappa shape index (κ1) is 16.4. The lowest BCUT2D eigenvalue weighted by atomic mass is 10.1. The van der Waals surface area contributed by atoms with Gasteiger partial charge in [-0.15, -0.1) is 11.8 Å². The summed E-state index contributed by atoms with van der Waals surface area (Å²) in [4.78, 5) is 26.7. The molecule has 2 rings (SSSR count). The fourth-order valence-corrected chi connectivity index (χ4v) is 3.25. The first-order valence-corrected chi connectivity index (χ1v) is 8.31. The second kappa shape index (κ2) is 7.85. The van der Waals surface area contributed by atoms with Crippen molar-refractivity contribution in [3.05, 3.63) is 24.3 Å². The molecule has 1 aromatic rings. The number of rotatable bonds is 6. The second-order valence-electron chi connectivity index (χ2n) is 5.08. The Balaban J connectivity index is 2.00. The molecule has 1 aliphatic heterocycles. The minimum absolute atomic E-state index is 0.0410. The maximum atomic E-state index is 12.4. The number of thioether (sulfide) groups is 1. The summed E-state index contributed by atoms with van der Waals surface area (Å²) in [6.07, 6.45) is 0.749. The van der Waals surface area contributed by atoms with E-state index in [0.717, 1.165) is 10.6 Å². The molecule has 1 atom stereocenters. The van der Waals surface area contributed by atoms with E-state index in [0.29, 0.717) is 25.3 Å². The topological polar surface area (TPSA) is 73.2 Å². The molecule has 0 saturated carbocycles. The summed E-state index contributed by atoms with van der Waals surface area (Å²) < 4.78 is 0. The quantitative estimate of drug-likeness (QED) is 0.646. The summed E-state index contributed by atoms with van der Waals surface area (Å²) in [6.45, 7) is 3.05. The average molecular weight is 317 g/mol. The maximum Gasteiger partial charge on any atom is 0.229 e. The normalized spacial score (nSPS) is 17.4. The molecule has 0 aromatic heterocycles. The van der Waals surface area contributed by atoms with Crippen molar-refractivity contribution in [3.63, 3.8) is 0 Å². The van der Waals surface area contributed by atoms with Crippen LogP contribution in [0.3, 0.4) is 0 Å². The first-order valence-electron chi connectivity index (χ1n) is 7.33. The molecule has 1 aromatic carbocycles. The molecule has 0 radical (unpaired) electrons. The standard InChI is InChI=1S/C16H19N3O2S/c1-2-19-11-12(10-15(19)20)16(21)18-13-6-3-4-7-14(13)22-9-5-8-17/h3-4,6-7,12H,2,5,9-11H2,1H3,(H,18,21). The van der Waals surface area contributed by atoms with Gasteiger partial charge in [0.1, 0.15) is 0 Å². The Hall–Kier alpha value is -2.00. The number of likely N-dealkylation sites (tertiary alicyclic amines) is 1. The van der Waals surface area contributed by atoms with Crippen LogP contribution in [0.2, 0.25) is 0 Å². The molecule has 1 aliphatic rings. The number of benzene rings is 1. The molecule has 1 saturated heterocycles. The predicted octanol–water partition coefficient (Wildman–Crippen LogP) is 2.50. The van der Waals surface area contributed by atoms with Crippen LogP contribution in [0.15, 0.2) is 29.2 Å². The average Bonchev–Trinajstić information content (AvgIpc) is 2.90. The summed E-state index contributed by atoms with van der Waals surface area (Å²) in [5.74, 6) is 0.330.